The molecule has 0 aliphatic heterocycles. The number of benzene rings is 1. The van der Waals surface area contributed by atoms with Gasteiger partial charge in [0.25, 0.3) is 0 Å². The Hall–Kier alpha value is -1.83. The van der Waals surface area contributed by atoms with Gasteiger partial charge in [-0.1, -0.05) is 0 Å². The largest absolute Gasteiger partial charge is 0.573 e. The van der Waals surface area contributed by atoms with Crippen molar-refractivity contribution >= 4 is 21.6 Å². The highest BCUT2D eigenvalue weighted by Gasteiger charge is 2.31. The minimum atomic E-state index is -4.71. The van der Waals surface area contributed by atoms with Crippen molar-refractivity contribution in [3.8, 4) is 5.75 Å². The van der Waals surface area contributed by atoms with E-state index in [0.717, 1.165) is 5.56 Å². The number of nitrogens with one attached hydrogen (secondary N) is 1. The van der Waals surface area contributed by atoms with Crippen LogP contribution in [0.15, 0.2) is 41.4 Å². The summed E-state index contributed by atoms with van der Waals surface area (Å²) in [6.07, 6.45) is 0.00849. The second-order valence-corrected chi connectivity index (χ2v) is 4.65. The molecular formula is C12H9BrF3N3O. The molecule has 0 saturated carbocycles. The van der Waals surface area contributed by atoms with Gasteiger partial charge >= 0.3 is 6.36 Å². The van der Waals surface area contributed by atoms with Gasteiger partial charge in [-0.05, 0) is 34.1 Å². The van der Waals surface area contributed by atoms with Crippen LogP contribution in [0.25, 0.3) is 0 Å². The van der Waals surface area contributed by atoms with E-state index in [1.807, 2.05) is 0 Å². The molecule has 0 amide bonds. The van der Waals surface area contributed by atoms with E-state index in [-0.39, 0.29) is 10.2 Å². The number of alkyl halides is 3. The van der Waals surface area contributed by atoms with E-state index in [4.69, 9.17) is 0 Å². The summed E-state index contributed by atoms with van der Waals surface area (Å²) < 4.78 is 40.4. The molecule has 0 spiro atoms. The first kappa shape index (κ1) is 14.6. The fourth-order valence-electron chi connectivity index (χ4n) is 1.44. The lowest BCUT2D eigenvalue weighted by Gasteiger charge is -2.12. The predicted octanol–water partition coefficient (Wildman–Crippen LogP) is 3.75. The van der Waals surface area contributed by atoms with Crippen LogP contribution < -0.4 is 10.1 Å². The van der Waals surface area contributed by atoms with Crippen molar-refractivity contribution in [3.05, 3.63) is 47.0 Å². The summed E-state index contributed by atoms with van der Waals surface area (Å²) in [6.45, 7) is 0.465. The van der Waals surface area contributed by atoms with E-state index in [1.54, 1.807) is 12.4 Å². The van der Waals surface area contributed by atoms with Crippen molar-refractivity contribution < 1.29 is 17.9 Å². The summed E-state index contributed by atoms with van der Waals surface area (Å²) in [5.74, 6) is -0.286. The van der Waals surface area contributed by atoms with E-state index in [2.05, 4.69) is 36.0 Å². The van der Waals surface area contributed by atoms with Gasteiger partial charge in [-0.2, -0.15) is 0 Å². The molecule has 8 heteroatoms. The third kappa shape index (κ3) is 4.37. The first-order chi connectivity index (χ1) is 9.44. The number of anilines is 1. The molecule has 1 aromatic carbocycles. The van der Waals surface area contributed by atoms with Gasteiger partial charge in [-0.25, -0.2) is 9.97 Å². The molecule has 0 radical (unpaired) electrons. The standard InChI is InChI=1S/C12H9BrF3N3O/c13-10-3-9(1-2-11(10)20-12(14,15)16)19-6-8-4-17-7-18-5-8/h1-5,7,19H,6H2. The molecule has 106 valence electrons. The second kappa shape index (κ2) is 6.08. The molecule has 0 fully saturated rings. The highest BCUT2D eigenvalue weighted by atomic mass is 79.9. The SMILES string of the molecule is FC(F)(F)Oc1ccc(NCc2cncnc2)cc1Br. The lowest BCUT2D eigenvalue weighted by atomic mass is 10.3. The van der Waals surface area contributed by atoms with Crippen LogP contribution >= 0.6 is 15.9 Å². The third-order valence-corrected chi connectivity index (χ3v) is 2.89. The first-order valence-corrected chi connectivity index (χ1v) is 6.26. The van der Waals surface area contributed by atoms with E-state index in [9.17, 15) is 13.2 Å². The van der Waals surface area contributed by atoms with E-state index < -0.39 is 6.36 Å². The van der Waals surface area contributed by atoms with Gasteiger partial charge in [0.1, 0.15) is 12.1 Å². The summed E-state index contributed by atoms with van der Waals surface area (Å²) in [5, 5.41) is 3.05. The number of hydrogen-bond donors (Lipinski definition) is 1. The van der Waals surface area contributed by atoms with Gasteiger partial charge in [0.2, 0.25) is 0 Å². The molecule has 20 heavy (non-hydrogen) atoms. The van der Waals surface area contributed by atoms with Gasteiger partial charge in [0.15, 0.2) is 0 Å². The van der Waals surface area contributed by atoms with Crippen LogP contribution in [0.4, 0.5) is 18.9 Å². The van der Waals surface area contributed by atoms with Gasteiger partial charge < -0.3 is 10.1 Å². The van der Waals surface area contributed by atoms with Gasteiger partial charge in [-0.3, -0.25) is 0 Å². The summed E-state index contributed by atoms with van der Waals surface area (Å²) in [4.78, 5) is 7.73. The molecule has 1 N–H and O–H groups in total. The second-order valence-electron chi connectivity index (χ2n) is 3.79. The summed E-state index contributed by atoms with van der Waals surface area (Å²) in [6, 6.07) is 4.24. The average molecular weight is 348 g/mol. The van der Waals surface area contributed by atoms with Crippen LogP contribution in [0.2, 0.25) is 0 Å². The third-order valence-electron chi connectivity index (χ3n) is 2.27. The fraction of sp³-hybridized carbons (Fsp3) is 0.167. The molecule has 0 bridgehead atoms. The monoisotopic (exact) mass is 347 g/mol. The molecule has 1 aromatic heterocycles. The smallest absolute Gasteiger partial charge is 0.405 e. The molecule has 1 heterocycles. The predicted molar refractivity (Wildman–Crippen MR) is 70.2 cm³/mol. The molecule has 2 rings (SSSR count). The molecule has 2 aromatic rings. The van der Waals surface area contributed by atoms with Crippen molar-refractivity contribution in [1.82, 2.24) is 9.97 Å². The lowest BCUT2D eigenvalue weighted by molar-refractivity contribution is -0.274. The number of nitrogens with zero attached hydrogens (tertiary/aromatic N) is 2. The molecule has 0 atom stereocenters. The van der Waals surface area contributed by atoms with Crippen molar-refractivity contribution in [1.29, 1.82) is 0 Å². The van der Waals surface area contributed by atoms with Gasteiger partial charge in [0.05, 0.1) is 4.47 Å². The van der Waals surface area contributed by atoms with E-state index in [0.29, 0.717) is 12.2 Å². The topological polar surface area (TPSA) is 47.0 Å². The molecule has 4 nitrogen and oxygen atoms in total. The van der Waals surface area contributed by atoms with Crippen LogP contribution in [-0.4, -0.2) is 16.3 Å². The van der Waals surface area contributed by atoms with Crippen LogP contribution in [0.3, 0.4) is 0 Å². The Bertz CT molecular complexity index is 578. The van der Waals surface area contributed by atoms with E-state index in [1.165, 1.54) is 24.5 Å². The maximum atomic E-state index is 12.1. The zero-order valence-corrected chi connectivity index (χ0v) is 11.6. The van der Waals surface area contributed by atoms with Crippen LogP contribution in [0, 0.1) is 0 Å². The Morgan fingerprint density at radius 3 is 2.50 bits per heavy atom. The number of aromatic nitrogens is 2. The lowest BCUT2D eigenvalue weighted by Crippen LogP contribution is -2.17. The zero-order valence-electron chi connectivity index (χ0n) is 9.99. The first-order valence-electron chi connectivity index (χ1n) is 5.47. The Morgan fingerprint density at radius 1 is 1.20 bits per heavy atom. The summed E-state index contributed by atoms with van der Waals surface area (Å²) >= 11 is 3.04. The highest BCUT2D eigenvalue weighted by Crippen LogP contribution is 2.32. The van der Waals surface area contributed by atoms with Gasteiger partial charge in [0, 0.05) is 30.2 Å². The quantitative estimate of drug-likeness (QED) is 0.914. The number of rotatable bonds is 4. The Kier molecular flexibility index (Phi) is 4.43. The van der Waals surface area contributed by atoms with Gasteiger partial charge in [-0.15, -0.1) is 13.2 Å². The molecule has 0 unspecified atom stereocenters. The Morgan fingerprint density at radius 2 is 1.90 bits per heavy atom. The normalized spacial score (nSPS) is 11.2. The maximum absolute atomic E-state index is 12.1. The number of hydrogen-bond acceptors (Lipinski definition) is 4. The van der Waals surface area contributed by atoms with Crippen LogP contribution in [0.1, 0.15) is 5.56 Å². The van der Waals surface area contributed by atoms with E-state index >= 15 is 0 Å². The molecule has 0 saturated heterocycles. The van der Waals surface area contributed by atoms with Crippen molar-refractivity contribution in [2.75, 3.05) is 5.32 Å². The minimum absolute atomic E-state index is 0.212. The average Bonchev–Trinajstić information content (AvgIpc) is 2.39. The van der Waals surface area contributed by atoms with Crippen LogP contribution in [0.5, 0.6) is 5.75 Å². The Balaban J connectivity index is 2.02. The maximum Gasteiger partial charge on any atom is 0.573 e. The Labute approximate surface area is 121 Å². The summed E-state index contributed by atoms with van der Waals surface area (Å²) in [7, 11) is 0. The van der Waals surface area contributed by atoms with Crippen LogP contribution in [-0.2, 0) is 6.54 Å². The van der Waals surface area contributed by atoms with Crippen molar-refractivity contribution in [3.63, 3.8) is 0 Å². The summed E-state index contributed by atoms with van der Waals surface area (Å²) in [5.41, 5.74) is 1.51. The van der Waals surface area contributed by atoms with Crippen molar-refractivity contribution in [2.24, 2.45) is 0 Å². The highest BCUT2D eigenvalue weighted by molar-refractivity contribution is 9.10. The minimum Gasteiger partial charge on any atom is -0.405 e. The number of halogens is 4. The molecule has 0 aliphatic carbocycles. The molecule has 0 aliphatic rings. The number of ether oxygens (including phenoxy) is 1. The molecular weight excluding hydrogens is 339 g/mol. The zero-order chi connectivity index (χ0) is 14.6. The fourth-order valence-corrected chi connectivity index (χ4v) is 1.90. The van der Waals surface area contributed by atoms with Crippen molar-refractivity contribution in [2.45, 2.75) is 12.9 Å².